The number of para-hydroxylation sites is 1. The monoisotopic (exact) mass is 443 g/mol. The summed E-state index contributed by atoms with van der Waals surface area (Å²) >= 11 is 1.14. The molecule has 4 rings (SSSR count). The van der Waals surface area contributed by atoms with E-state index in [0.717, 1.165) is 34.6 Å². The van der Waals surface area contributed by atoms with Gasteiger partial charge in [0.15, 0.2) is 5.76 Å². The Morgan fingerprint density at radius 1 is 1.17 bits per heavy atom. The van der Waals surface area contributed by atoms with Crippen LogP contribution in [0.5, 0.6) is 0 Å². The van der Waals surface area contributed by atoms with E-state index in [1.54, 1.807) is 43.3 Å². The molecule has 3 aromatic rings. The van der Waals surface area contributed by atoms with Gasteiger partial charge in [-0.25, -0.2) is 8.42 Å². The van der Waals surface area contributed by atoms with Gasteiger partial charge < -0.3 is 9.84 Å². The molecule has 0 atom stereocenters. The molecule has 0 bridgehead atoms. The first-order chi connectivity index (χ1) is 14.3. The van der Waals surface area contributed by atoms with Crippen LogP contribution in [0.15, 0.2) is 45.1 Å². The maximum absolute atomic E-state index is 12.7. The van der Waals surface area contributed by atoms with E-state index in [0.29, 0.717) is 22.8 Å². The van der Waals surface area contributed by atoms with E-state index < -0.39 is 10.0 Å². The topological polar surface area (TPSA) is 101 Å². The van der Waals surface area contributed by atoms with Crippen LogP contribution in [0.2, 0.25) is 0 Å². The number of nitrogens with zero attached hydrogens (tertiary/aromatic N) is 1. The summed E-state index contributed by atoms with van der Waals surface area (Å²) in [6.07, 6.45) is 5.23. The van der Waals surface area contributed by atoms with E-state index >= 15 is 0 Å². The lowest BCUT2D eigenvalue weighted by atomic mass is 10.2. The molecular weight excluding hydrogens is 422 g/mol. The van der Waals surface area contributed by atoms with Crippen molar-refractivity contribution < 1.29 is 17.7 Å². The van der Waals surface area contributed by atoms with Gasteiger partial charge in [-0.05, 0) is 62.6 Å². The molecule has 1 amide bonds. The smallest absolute Gasteiger partial charge is 0.271 e. The fourth-order valence-corrected chi connectivity index (χ4v) is 5.19. The van der Waals surface area contributed by atoms with Crippen LogP contribution in [0, 0.1) is 19.8 Å². The first kappa shape index (κ1) is 20.4. The van der Waals surface area contributed by atoms with Crippen molar-refractivity contribution in [1.82, 2.24) is 5.16 Å². The summed E-state index contributed by atoms with van der Waals surface area (Å²) in [5.74, 6) is 0.474. The Labute approximate surface area is 178 Å². The van der Waals surface area contributed by atoms with Crippen LogP contribution in [0.4, 0.5) is 11.4 Å². The minimum atomic E-state index is -3.68. The van der Waals surface area contributed by atoms with Gasteiger partial charge in [-0.15, -0.1) is 11.3 Å². The maximum Gasteiger partial charge on any atom is 0.271 e. The van der Waals surface area contributed by atoms with Gasteiger partial charge in [-0.3, -0.25) is 9.52 Å². The number of aromatic nitrogens is 1. The first-order valence-corrected chi connectivity index (χ1v) is 11.8. The number of nitrogens with one attached hydrogen (secondary N) is 2. The molecule has 2 heterocycles. The van der Waals surface area contributed by atoms with Crippen LogP contribution in [0.1, 0.15) is 34.7 Å². The molecule has 2 aromatic heterocycles. The van der Waals surface area contributed by atoms with Crippen LogP contribution in [-0.4, -0.2) is 19.5 Å². The number of carbonyl (C=O) groups is 1. The van der Waals surface area contributed by atoms with Gasteiger partial charge >= 0.3 is 0 Å². The van der Waals surface area contributed by atoms with Crippen LogP contribution >= 0.6 is 11.3 Å². The zero-order valence-electron chi connectivity index (χ0n) is 16.5. The molecule has 2 N–H and O–H groups in total. The van der Waals surface area contributed by atoms with Gasteiger partial charge in [-0.2, -0.15) is 0 Å². The summed E-state index contributed by atoms with van der Waals surface area (Å²) in [7, 11) is -3.68. The zero-order valence-corrected chi connectivity index (χ0v) is 18.1. The van der Waals surface area contributed by atoms with Crippen LogP contribution < -0.4 is 10.0 Å². The number of hydrogen-bond donors (Lipinski definition) is 2. The second-order valence-electron chi connectivity index (χ2n) is 7.18. The van der Waals surface area contributed by atoms with E-state index in [-0.39, 0.29) is 16.0 Å². The summed E-state index contributed by atoms with van der Waals surface area (Å²) in [5, 5.41) is 6.79. The lowest BCUT2D eigenvalue weighted by Crippen LogP contribution is -2.14. The van der Waals surface area contributed by atoms with Crippen molar-refractivity contribution in [3.05, 3.63) is 58.3 Å². The number of rotatable bonds is 7. The fraction of sp³-hybridized carbons (Fsp3) is 0.238. The minimum Gasteiger partial charge on any atom is -0.354 e. The first-order valence-electron chi connectivity index (χ1n) is 9.47. The molecule has 30 heavy (non-hydrogen) atoms. The highest BCUT2D eigenvalue weighted by molar-refractivity contribution is 7.94. The van der Waals surface area contributed by atoms with Crippen molar-refractivity contribution in [1.29, 1.82) is 0 Å². The van der Waals surface area contributed by atoms with Gasteiger partial charge in [0.2, 0.25) is 5.91 Å². The summed E-state index contributed by atoms with van der Waals surface area (Å²) < 4.78 is 33.5. The SMILES string of the molecule is Cc1ccccc1NS(=O)(=O)c1ccc(C=Cc2onc(C)c2NC(=O)C2CC2)s1. The highest BCUT2D eigenvalue weighted by atomic mass is 32.2. The van der Waals surface area contributed by atoms with E-state index in [1.165, 1.54) is 0 Å². The third kappa shape index (κ3) is 4.47. The van der Waals surface area contributed by atoms with Gasteiger partial charge in [-0.1, -0.05) is 23.4 Å². The third-order valence-electron chi connectivity index (χ3n) is 4.74. The lowest BCUT2D eigenvalue weighted by molar-refractivity contribution is -0.117. The lowest BCUT2D eigenvalue weighted by Gasteiger charge is -2.08. The van der Waals surface area contributed by atoms with Crippen molar-refractivity contribution in [3.63, 3.8) is 0 Å². The minimum absolute atomic E-state index is 0.0252. The molecule has 7 nitrogen and oxygen atoms in total. The van der Waals surface area contributed by atoms with Gasteiger partial charge in [0.1, 0.15) is 15.6 Å². The number of thiophene rings is 1. The predicted molar refractivity (Wildman–Crippen MR) is 118 cm³/mol. The Balaban J connectivity index is 1.50. The van der Waals surface area contributed by atoms with Gasteiger partial charge in [0, 0.05) is 10.8 Å². The third-order valence-corrected chi connectivity index (χ3v) is 7.65. The number of benzene rings is 1. The number of amides is 1. The second kappa shape index (κ2) is 8.08. The largest absolute Gasteiger partial charge is 0.354 e. The highest BCUT2D eigenvalue weighted by Gasteiger charge is 2.30. The molecule has 1 aliphatic rings. The molecule has 0 radical (unpaired) electrons. The molecule has 1 aromatic carbocycles. The average molecular weight is 444 g/mol. The van der Waals surface area contributed by atoms with Crippen molar-refractivity contribution >= 4 is 50.8 Å². The number of carbonyl (C=O) groups excluding carboxylic acids is 1. The second-order valence-corrected chi connectivity index (χ2v) is 10.2. The molecule has 156 valence electrons. The predicted octanol–water partition coefficient (Wildman–Crippen LogP) is 4.67. The van der Waals surface area contributed by atoms with Crippen molar-refractivity contribution in [2.75, 3.05) is 10.0 Å². The van der Waals surface area contributed by atoms with Crippen molar-refractivity contribution in [2.45, 2.75) is 30.9 Å². The summed E-state index contributed by atoms with van der Waals surface area (Å²) in [5.41, 5.74) is 2.55. The molecule has 0 aliphatic heterocycles. The summed E-state index contributed by atoms with van der Waals surface area (Å²) in [4.78, 5) is 12.8. The normalized spacial score (nSPS) is 14.2. The summed E-state index contributed by atoms with van der Waals surface area (Å²) in [6, 6.07) is 10.5. The number of hydrogen-bond acceptors (Lipinski definition) is 6. The molecule has 9 heteroatoms. The fourth-order valence-electron chi connectivity index (χ4n) is 2.83. The number of aryl methyl sites for hydroxylation is 2. The molecule has 0 saturated heterocycles. The molecule has 1 fully saturated rings. The van der Waals surface area contributed by atoms with Crippen LogP contribution in [-0.2, 0) is 14.8 Å². The molecule has 1 aliphatic carbocycles. The Morgan fingerprint density at radius 3 is 2.67 bits per heavy atom. The number of anilines is 2. The average Bonchev–Trinajstić information content (AvgIpc) is 3.35. The van der Waals surface area contributed by atoms with Crippen LogP contribution in [0.3, 0.4) is 0 Å². The Kier molecular flexibility index (Phi) is 5.48. The van der Waals surface area contributed by atoms with E-state index in [2.05, 4.69) is 15.2 Å². The van der Waals surface area contributed by atoms with Crippen LogP contribution in [0.25, 0.3) is 12.2 Å². The Hall–Kier alpha value is -2.91. The molecule has 1 saturated carbocycles. The summed E-state index contributed by atoms with van der Waals surface area (Å²) in [6.45, 7) is 3.61. The Morgan fingerprint density at radius 2 is 1.93 bits per heavy atom. The van der Waals surface area contributed by atoms with Crippen molar-refractivity contribution in [3.8, 4) is 0 Å². The standard InChI is InChI=1S/C21H21N3O4S2/c1-13-5-3-4-6-17(13)24-30(26,27)19-12-10-16(29-19)9-11-18-20(14(2)23-28-18)22-21(25)15-7-8-15/h3-6,9-12,15,24H,7-8H2,1-2H3,(H,22,25). The van der Waals surface area contributed by atoms with E-state index in [9.17, 15) is 13.2 Å². The van der Waals surface area contributed by atoms with E-state index in [4.69, 9.17) is 4.52 Å². The Bertz CT molecular complexity index is 1220. The van der Waals surface area contributed by atoms with Gasteiger partial charge in [0.05, 0.1) is 5.69 Å². The zero-order chi connectivity index (χ0) is 21.3. The number of sulfonamides is 1. The van der Waals surface area contributed by atoms with Gasteiger partial charge in [0.25, 0.3) is 10.0 Å². The maximum atomic E-state index is 12.7. The van der Waals surface area contributed by atoms with E-state index in [1.807, 2.05) is 19.1 Å². The molecule has 0 spiro atoms. The quantitative estimate of drug-likeness (QED) is 0.552. The molecular formula is C21H21N3O4S2. The van der Waals surface area contributed by atoms with Crippen molar-refractivity contribution in [2.24, 2.45) is 5.92 Å². The highest BCUT2D eigenvalue weighted by Crippen LogP contribution is 2.32. The molecule has 0 unspecified atom stereocenters.